The van der Waals surface area contributed by atoms with Crippen LogP contribution in [0.1, 0.15) is 58.2 Å². The molecular formula is C20H33N5O2S. The van der Waals surface area contributed by atoms with Crippen molar-refractivity contribution in [2.24, 2.45) is 0 Å². The summed E-state index contributed by atoms with van der Waals surface area (Å²) in [6.45, 7) is 12.8. The Bertz CT molecular complexity index is 767. The zero-order chi connectivity index (χ0) is 20.5. The summed E-state index contributed by atoms with van der Waals surface area (Å²) in [6, 6.07) is 0.208. The highest BCUT2D eigenvalue weighted by molar-refractivity contribution is 7.71. The smallest absolute Gasteiger partial charge is 0.410 e. The maximum atomic E-state index is 12.3. The van der Waals surface area contributed by atoms with Crippen molar-refractivity contribution in [2.45, 2.75) is 77.2 Å². The van der Waals surface area contributed by atoms with Crippen molar-refractivity contribution >= 4 is 18.3 Å². The molecule has 0 aromatic carbocycles. The number of piperidine rings is 1. The van der Waals surface area contributed by atoms with Crippen molar-refractivity contribution in [3.8, 4) is 0 Å². The number of hydrogen-bond acceptors (Lipinski definition) is 5. The Hall–Kier alpha value is -1.67. The number of allylic oxidation sites excluding steroid dienone is 1. The van der Waals surface area contributed by atoms with Gasteiger partial charge >= 0.3 is 6.09 Å². The van der Waals surface area contributed by atoms with Crippen LogP contribution >= 0.6 is 12.2 Å². The number of rotatable bonds is 6. The van der Waals surface area contributed by atoms with E-state index in [-0.39, 0.29) is 12.1 Å². The molecule has 2 fully saturated rings. The summed E-state index contributed by atoms with van der Waals surface area (Å²) in [4.78, 5) is 16.4. The van der Waals surface area contributed by atoms with Crippen molar-refractivity contribution in [2.75, 3.05) is 20.1 Å². The van der Waals surface area contributed by atoms with E-state index in [1.165, 1.54) is 12.8 Å². The van der Waals surface area contributed by atoms with Gasteiger partial charge in [-0.05, 0) is 58.7 Å². The van der Waals surface area contributed by atoms with E-state index in [2.05, 4.69) is 16.0 Å². The van der Waals surface area contributed by atoms with Gasteiger partial charge in [0.2, 0.25) is 0 Å². The molecule has 0 radical (unpaired) electrons. The summed E-state index contributed by atoms with van der Waals surface area (Å²) in [6.07, 6.45) is 5.88. The maximum Gasteiger partial charge on any atom is 0.410 e. The van der Waals surface area contributed by atoms with Crippen LogP contribution in [0.3, 0.4) is 0 Å². The second kappa shape index (κ2) is 8.37. The predicted molar refractivity (Wildman–Crippen MR) is 112 cm³/mol. The SMILES string of the molecule is C=CCn1c(C2CC2)nn(CN2CCC(N(C)C(=O)OC(C)(C)C)CC2)c1=S. The van der Waals surface area contributed by atoms with Gasteiger partial charge in [0.25, 0.3) is 0 Å². The normalized spacial score (nSPS) is 18.9. The quantitative estimate of drug-likeness (QED) is 0.531. The first-order valence-corrected chi connectivity index (χ1v) is 10.6. The molecule has 1 aliphatic carbocycles. The van der Waals surface area contributed by atoms with Crippen molar-refractivity contribution in [3.05, 3.63) is 23.3 Å². The molecular weight excluding hydrogens is 374 g/mol. The third-order valence-electron chi connectivity index (χ3n) is 5.33. The number of carbonyl (C=O) groups is 1. The first-order chi connectivity index (χ1) is 13.2. The van der Waals surface area contributed by atoms with Gasteiger partial charge in [-0.25, -0.2) is 9.48 Å². The fourth-order valence-corrected chi connectivity index (χ4v) is 3.88. The average Bonchev–Trinajstić information content (AvgIpc) is 3.42. The van der Waals surface area contributed by atoms with Gasteiger partial charge in [-0.15, -0.1) is 6.58 Å². The molecule has 0 spiro atoms. The van der Waals surface area contributed by atoms with Crippen LogP contribution < -0.4 is 0 Å². The molecule has 156 valence electrons. The lowest BCUT2D eigenvalue weighted by atomic mass is 10.0. The Kier molecular flexibility index (Phi) is 6.29. The van der Waals surface area contributed by atoms with E-state index in [1.54, 1.807) is 4.90 Å². The average molecular weight is 408 g/mol. The van der Waals surface area contributed by atoms with Gasteiger partial charge in [-0.3, -0.25) is 9.47 Å². The Labute approximate surface area is 172 Å². The summed E-state index contributed by atoms with van der Waals surface area (Å²) < 4.78 is 10.3. The fraction of sp³-hybridized carbons (Fsp3) is 0.750. The summed E-state index contributed by atoms with van der Waals surface area (Å²) in [5, 5.41) is 4.81. The van der Waals surface area contributed by atoms with Crippen LogP contribution in [0.25, 0.3) is 0 Å². The summed E-state index contributed by atoms with van der Waals surface area (Å²) in [7, 11) is 1.84. The lowest BCUT2D eigenvalue weighted by molar-refractivity contribution is 0.0134. The van der Waals surface area contributed by atoms with Crippen molar-refractivity contribution in [1.82, 2.24) is 24.1 Å². The molecule has 7 nitrogen and oxygen atoms in total. The Balaban J connectivity index is 1.57. The van der Waals surface area contributed by atoms with Crippen LogP contribution in [0.2, 0.25) is 0 Å². The first-order valence-electron chi connectivity index (χ1n) is 10.2. The molecule has 1 aliphatic heterocycles. The van der Waals surface area contributed by atoms with E-state index < -0.39 is 5.60 Å². The highest BCUT2D eigenvalue weighted by atomic mass is 32.1. The monoisotopic (exact) mass is 407 g/mol. The lowest BCUT2D eigenvalue weighted by Gasteiger charge is -2.37. The van der Waals surface area contributed by atoms with E-state index >= 15 is 0 Å². The third kappa shape index (κ3) is 5.03. The van der Waals surface area contributed by atoms with Crippen LogP contribution in [0.4, 0.5) is 4.79 Å². The summed E-state index contributed by atoms with van der Waals surface area (Å²) in [5.41, 5.74) is -0.466. The van der Waals surface area contributed by atoms with Crippen molar-refractivity contribution < 1.29 is 9.53 Å². The minimum atomic E-state index is -0.466. The topological polar surface area (TPSA) is 55.5 Å². The molecule has 0 unspecified atom stereocenters. The fourth-order valence-electron chi connectivity index (χ4n) is 3.61. The third-order valence-corrected chi connectivity index (χ3v) is 5.76. The Morgan fingerprint density at radius 3 is 2.50 bits per heavy atom. The van der Waals surface area contributed by atoms with Gasteiger partial charge in [-0.2, -0.15) is 5.10 Å². The van der Waals surface area contributed by atoms with E-state index in [0.717, 1.165) is 36.5 Å². The molecule has 0 N–H and O–H groups in total. The molecule has 0 bridgehead atoms. The number of carbonyl (C=O) groups excluding carboxylic acids is 1. The second-order valence-corrected chi connectivity index (χ2v) is 9.26. The molecule has 1 amide bonds. The van der Waals surface area contributed by atoms with Crippen LogP contribution in [0.15, 0.2) is 12.7 Å². The number of hydrogen-bond donors (Lipinski definition) is 0. The lowest BCUT2D eigenvalue weighted by Crippen LogP contribution is -2.47. The van der Waals surface area contributed by atoms with E-state index in [0.29, 0.717) is 19.1 Å². The molecule has 1 aromatic heterocycles. The van der Waals surface area contributed by atoms with Gasteiger partial charge in [-0.1, -0.05) is 6.08 Å². The molecule has 2 heterocycles. The van der Waals surface area contributed by atoms with Gasteiger partial charge in [0.05, 0.1) is 6.67 Å². The minimum Gasteiger partial charge on any atom is -0.444 e. The molecule has 1 aromatic rings. The molecule has 1 saturated heterocycles. The van der Waals surface area contributed by atoms with E-state index in [4.69, 9.17) is 22.1 Å². The van der Waals surface area contributed by atoms with Gasteiger partial charge in [0, 0.05) is 38.6 Å². The molecule has 0 atom stereocenters. The summed E-state index contributed by atoms with van der Waals surface area (Å²) in [5.74, 6) is 1.65. The number of nitrogens with zero attached hydrogens (tertiary/aromatic N) is 5. The van der Waals surface area contributed by atoms with E-state index in [9.17, 15) is 4.79 Å². The molecule has 8 heteroatoms. The largest absolute Gasteiger partial charge is 0.444 e. The predicted octanol–water partition coefficient (Wildman–Crippen LogP) is 3.77. The number of amides is 1. The van der Waals surface area contributed by atoms with E-state index in [1.807, 2.05) is 38.6 Å². The molecule has 2 aliphatic rings. The van der Waals surface area contributed by atoms with Crippen LogP contribution in [0.5, 0.6) is 0 Å². The van der Waals surface area contributed by atoms with Crippen LogP contribution in [0, 0.1) is 4.77 Å². The summed E-state index contributed by atoms with van der Waals surface area (Å²) >= 11 is 5.66. The van der Waals surface area contributed by atoms with Crippen molar-refractivity contribution in [3.63, 3.8) is 0 Å². The second-order valence-electron chi connectivity index (χ2n) is 8.90. The highest BCUT2D eigenvalue weighted by Crippen LogP contribution is 2.39. The van der Waals surface area contributed by atoms with Gasteiger partial charge in [0.15, 0.2) is 4.77 Å². The van der Waals surface area contributed by atoms with Gasteiger partial charge in [0.1, 0.15) is 11.4 Å². The zero-order valence-electron chi connectivity index (χ0n) is 17.6. The number of likely N-dealkylation sites (tertiary alicyclic amines) is 1. The standard InChI is InChI=1S/C20H33N5O2S/c1-6-11-24-17(15-7-8-15)21-25(18(24)28)14-23-12-9-16(10-13-23)22(5)19(26)27-20(2,3)4/h6,15-16H,1,7-14H2,2-5H3. The molecule has 3 rings (SSSR count). The highest BCUT2D eigenvalue weighted by Gasteiger charge is 2.31. The number of ether oxygens (including phenoxy) is 1. The van der Waals surface area contributed by atoms with Crippen LogP contribution in [-0.4, -0.2) is 62.0 Å². The zero-order valence-corrected chi connectivity index (χ0v) is 18.4. The molecule has 28 heavy (non-hydrogen) atoms. The molecule has 1 saturated carbocycles. The Morgan fingerprint density at radius 2 is 1.96 bits per heavy atom. The maximum absolute atomic E-state index is 12.3. The Morgan fingerprint density at radius 1 is 1.32 bits per heavy atom. The van der Waals surface area contributed by atoms with Crippen LogP contribution in [-0.2, 0) is 18.0 Å². The van der Waals surface area contributed by atoms with Crippen molar-refractivity contribution in [1.29, 1.82) is 0 Å². The number of aromatic nitrogens is 3. The first kappa shape index (κ1) is 21.0. The van der Waals surface area contributed by atoms with Gasteiger partial charge < -0.3 is 9.64 Å². The minimum absolute atomic E-state index is 0.208.